The monoisotopic (exact) mass is 254 g/mol. The van der Waals surface area contributed by atoms with Crippen molar-refractivity contribution < 1.29 is 5.11 Å². The van der Waals surface area contributed by atoms with Crippen LogP contribution in [0.1, 0.15) is 24.9 Å². The lowest BCUT2D eigenvalue weighted by Gasteiger charge is -2.20. The van der Waals surface area contributed by atoms with Crippen LogP contribution in [-0.2, 0) is 0 Å². The van der Waals surface area contributed by atoms with Gasteiger partial charge in [-0.05, 0) is 38.1 Å². The maximum atomic E-state index is 9.53. The first kappa shape index (κ1) is 12.7. The molecule has 1 fully saturated rings. The molecule has 0 aliphatic carbocycles. The molecule has 3 nitrogen and oxygen atoms in total. The van der Waals surface area contributed by atoms with E-state index in [1.807, 2.05) is 13.1 Å². The van der Waals surface area contributed by atoms with Crippen LogP contribution in [0.2, 0.25) is 5.02 Å². The highest BCUT2D eigenvalue weighted by Crippen LogP contribution is 2.29. The van der Waals surface area contributed by atoms with Gasteiger partial charge in [-0.25, -0.2) is 0 Å². The molecule has 1 heterocycles. The predicted molar refractivity (Wildman–Crippen MR) is 71.8 cm³/mol. The van der Waals surface area contributed by atoms with Crippen LogP contribution in [0.25, 0.3) is 0 Å². The smallest absolute Gasteiger partial charge is 0.0731 e. The molecule has 2 N–H and O–H groups in total. The molecule has 0 spiro atoms. The molecule has 1 aromatic carbocycles. The SMILES string of the molecule is CNC(C)c1ccc(N2CCC(O)C2)cc1Cl. The number of halogens is 1. The van der Waals surface area contributed by atoms with Crippen LogP contribution in [0.4, 0.5) is 5.69 Å². The van der Waals surface area contributed by atoms with E-state index in [0.717, 1.165) is 29.2 Å². The first-order valence-electron chi connectivity index (χ1n) is 6.01. The summed E-state index contributed by atoms with van der Waals surface area (Å²) in [6.07, 6.45) is 0.636. The number of anilines is 1. The van der Waals surface area contributed by atoms with Gasteiger partial charge in [-0.15, -0.1) is 0 Å². The van der Waals surface area contributed by atoms with Crippen molar-refractivity contribution in [1.82, 2.24) is 5.32 Å². The molecule has 1 aliphatic heterocycles. The van der Waals surface area contributed by atoms with E-state index >= 15 is 0 Å². The Morgan fingerprint density at radius 2 is 2.29 bits per heavy atom. The van der Waals surface area contributed by atoms with Crippen molar-refractivity contribution >= 4 is 17.3 Å². The van der Waals surface area contributed by atoms with E-state index in [1.165, 1.54) is 0 Å². The highest BCUT2D eigenvalue weighted by molar-refractivity contribution is 6.31. The molecule has 0 aromatic heterocycles. The summed E-state index contributed by atoms with van der Waals surface area (Å²) < 4.78 is 0. The molecule has 17 heavy (non-hydrogen) atoms. The predicted octanol–water partition coefficient (Wildman–Crippen LogP) is 2.19. The summed E-state index contributed by atoms with van der Waals surface area (Å²) in [6.45, 7) is 3.69. The quantitative estimate of drug-likeness (QED) is 0.868. The number of hydrogen-bond donors (Lipinski definition) is 2. The van der Waals surface area contributed by atoms with E-state index in [9.17, 15) is 5.11 Å². The molecular weight excluding hydrogens is 236 g/mol. The summed E-state index contributed by atoms with van der Waals surface area (Å²) in [7, 11) is 1.92. The van der Waals surface area contributed by atoms with Crippen LogP contribution >= 0.6 is 11.6 Å². The summed E-state index contributed by atoms with van der Waals surface area (Å²) in [4.78, 5) is 2.17. The van der Waals surface area contributed by atoms with Crippen molar-refractivity contribution in [1.29, 1.82) is 0 Å². The largest absolute Gasteiger partial charge is 0.391 e. The van der Waals surface area contributed by atoms with Gasteiger partial charge in [-0.3, -0.25) is 0 Å². The summed E-state index contributed by atoms with van der Waals surface area (Å²) in [5, 5.41) is 13.5. The van der Waals surface area contributed by atoms with Gasteiger partial charge < -0.3 is 15.3 Å². The Balaban J connectivity index is 2.19. The third-order valence-corrected chi connectivity index (χ3v) is 3.74. The zero-order chi connectivity index (χ0) is 12.4. The lowest BCUT2D eigenvalue weighted by atomic mass is 10.1. The first-order chi connectivity index (χ1) is 8.11. The number of hydrogen-bond acceptors (Lipinski definition) is 3. The molecular formula is C13H19ClN2O. The molecule has 4 heteroatoms. The van der Waals surface area contributed by atoms with Crippen LogP contribution in [0.15, 0.2) is 18.2 Å². The van der Waals surface area contributed by atoms with Crippen LogP contribution in [0, 0.1) is 0 Å². The molecule has 0 saturated carbocycles. The Labute approximate surface area is 107 Å². The minimum absolute atomic E-state index is 0.204. The van der Waals surface area contributed by atoms with E-state index in [0.29, 0.717) is 6.54 Å². The highest BCUT2D eigenvalue weighted by atomic mass is 35.5. The molecule has 2 rings (SSSR count). The number of benzene rings is 1. The van der Waals surface area contributed by atoms with Gasteiger partial charge in [0.1, 0.15) is 0 Å². The summed E-state index contributed by atoms with van der Waals surface area (Å²) in [5.74, 6) is 0. The van der Waals surface area contributed by atoms with Gasteiger partial charge in [0.2, 0.25) is 0 Å². The molecule has 1 aliphatic rings. The number of rotatable bonds is 3. The normalized spacial score (nSPS) is 21.9. The number of β-amino-alcohol motifs (C(OH)–C–C–N with tert-alkyl or cyclic N) is 1. The number of nitrogens with one attached hydrogen (secondary N) is 1. The second-order valence-electron chi connectivity index (χ2n) is 4.60. The molecule has 0 bridgehead atoms. The minimum atomic E-state index is -0.204. The standard InChI is InChI=1S/C13H19ClN2O/c1-9(15-2)12-4-3-10(7-13(12)14)16-6-5-11(17)8-16/h3-4,7,9,11,15,17H,5-6,8H2,1-2H3. The van der Waals surface area contributed by atoms with Crippen molar-refractivity contribution in [3.63, 3.8) is 0 Å². The fourth-order valence-corrected chi connectivity index (χ4v) is 2.53. The molecule has 0 radical (unpaired) electrons. The van der Waals surface area contributed by atoms with Gasteiger partial charge in [0, 0.05) is 29.8 Å². The second kappa shape index (κ2) is 5.25. The maximum absolute atomic E-state index is 9.53. The average molecular weight is 255 g/mol. The summed E-state index contributed by atoms with van der Waals surface area (Å²) in [6, 6.07) is 6.38. The fraction of sp³-hybridized carbons (Fsp3) is 0.538. The zero-order valence-electron chi connectivity index (χ0n) is 10.3. The third kappa shape index (κ3) is 2.73. The van der Waals surface area contributed by atoms with Gasteiger partial charge in [0.25, 0.3) is 0 Å². The topological polar surface area (TPSA) is 35.5 Å². The van der Waals surface area contributed by atoms with Crippen LogP contribution in [0.5, 0.6) is 0 Å². The van der Waals surface area contributed by atoms with Crippen LogP contribution in [-0.4, -0.2) is 31.3 Å². The van der Waals surface area contributed by atoms with Crippen molar-refractivity contribution in [2.24, 2.45) is 0 Å². The molecule has 1 saturated heterocycles. The van der Waals surface area contributed by atoms with Crippen molar-refractivity contribution in [3.05, 3.63) is 28.8 Å². The van der Waals surface area contributed by atoms with E-state index in [1.54, 1.807) is 0 Å². The van der Waals surface area contributed by atoms with Crippen LogP contribution < -0.4 is 10.2 Å². The molecule has 1 aromatic rings. The average Bonchev–Trinajstić information content (AvgIpc) is 2.75. The fourth-order valence-electron chi connectivity index (χ4n) is 2.20. The molecule has 0 amide bonds. The van der Waals surface area contributed by atoms with Gasteiger partial charge in [-0.1, -0.05) is 17.7 Å². The number of nitrogens with zero attached hydrogens (tertiary/aromatic N) is 1. The molecule has 2 atom stereocenters. The Morgan fingerprint density at radius 1 is 1.53 bits per heavy atom. The lowest BCUT2D eigenvalue weighted by molar-refractivity contribution is 0.198. The maximum Gasteiger partial charge on any atom is 0.0731 e. The minimum Gasteiger partial charge on any atom is -0.391 e. The first-order valence-corrected chi connectivity index (χ1v) is 6.39. The number of aliphatic hydroxyl groups excluding tert-OH is 1. The van der Waals surface area contributed by atoms with E-state index in [4.69, 9.17) is 11.6 Å². The van der Waals surface area contributed by atoms with Gasteiger partial charge in [-0.2, -0.15) is 0 Å². The third-order valence-electron chi connectivity index (χ3n) is 3.41. The molecule has 94 valence electrons. The Bertz CT molecular complexity index is 397. The van der Waals surface area contributed by atoms with E-state index in [-0.39, 0.29) is 12.1 Å². The Hall–Kier alpha value is -0.770. The van der Waals surface area contributed by atoms with Gasteiger partial charge >= 0.3 is 0 Å². The summed E-state index contributed by atoms with van der Waals surface area (Å²) >= 11 is 6.29. The van der Waals surface area contributed by atoms with Crippen molar-refractivity contribution in [2.75, 3.05) is 25.0 Å². The lowest BCUT2D eigenvalue weighted by Crippen LogP contribution is -2.21. The second-order valence-corrected chi connectivity index (χ2v) is 5.01. The van der Waals surface area contributed by atoms with Gasteiger partial charge in [0.15, 0.2) is 0 Å². The van der Waals surface area contributed by atoms with E-state index in [2.05, 4.69) is 29.3 Å². The van der Waals surface area contributed by atoms with Gasteiger partial charge in [0.05, 0.1) is 6.10 Å². The highest BCUT2D eigenvalue weighted by Gasteiger charge is 2.21. The molecule has 2 unspecified atom stereocenters. The Kier molecular flexibility index (Phi) is 3.92. The summed E-state index contributed by atoms with van der Waals surface area (Å²) in [5.41, 5.74) is 2.20. The van der Waals surface area contributed by atoms with Crippen molar-refractivity contribution in [2.45, 2.75) is 25.5 Å². The zero-order valence-corrected chi connectivity index (χ0v) is 11.0. The van der Waals surface area contributed by atoms with E-state index < -0.39 is 0 Å². The Morgan fingerprint density at radius 3 is 2.82 bits per heavy atom. The number of aliphatic hydroxyl groups is 1. The van der Waals surface area contributed by atoms with Crippen molar-refractivity contribution in [3.8, 4) is 0 Å². The van der Waals surface area contributed by atoms with Crippen LogP contribution in [0.3, 0.4) is 0 Å².